The van der Waals surface area contributed by atoms with Gasteiger partial charge in [-0.15, -0.1) is 0 Å². The van der Waals surface area contributed by atoms with Crippen LogP contribution in [0.3, 0.4) is 0 Å². The van der Waals surface area contributed by atoms with Gasteiger partial charge in [0.2, 0.25) is 5.78 Å². The summed E-state index contributed by atoms with van der Waals surface area (Å²) in [5.74, 6) is -1.51. The van der Waals surface area contributed by atoms with E-state index in [1.54, 1.807) is 41.2 Å². The van der Waals surface area contributed by atoms with Crippen LogP contribution in [0.1, 0.15) is 34.9 Å². The van der Waals surface area contributed by atoms with Gasteiger partial charge in [-0.1, -0.05) is 30.3 Å². The molecule has 150 valence electrons. The lowest BCUT2D eigenvalue weighted by molar-refractivity contribution is -0.111. The predicted octanol–water partition coefficient (Wildman–Crippen LogP) is 4.23. The van der Waals surface area contributed by atoms with Crippen LogP contribution < -0.4 is 0 Å². The zero-order chi connectivity index (χ0) is 21.5. The van der Waals surface area contributed by atoms with Crippen molar-refractivity contribution in [3.05, 3.63) is 95.0 Å². The van der Waals surface area contributed by atoms with Crippen molar-refractivity contribution in [3.63, 3.8) is 0 Å². The van der Waals surface area contributed by atoms with Crippen molar-refractivity contribution in [3.8, 4) is 6.07 Å². The van der Waals surface area contributed by atoms with Crippen molar-refractivity contribution in [2.24, 2.45) is 0 Å². The summed E-state index contributed by atoms with van der Waals surface area (Å²) < 4.78 is 15.2. The highest BCUT2D eigenvalue weighted by Crippen LogP contribution is 2.31. The van der Waals surface area contributed by atoms with Crippen LogP contribution in [0.2, 0.25) is 0 Å². The van der Waals surface area contributed by atoms with Crippen LogP contribution in [0.5, 0.6) is 0 Å². The number of nitriles is 1. The van der Waals surface area contributed by atoms with Crippen LogP contribution in [0.4, 0.5) is 4.39 Å². The van der Waals surface area contributed by atoms with Gasteiger partial charge in [0.1, 0.15) is 11.6 Å². The smallest absolute Gasteiger partial charge is 0.237 e. The fourth-order valence-corrected chi connectivity index (χ4v) is 3.29. The monoisotopic (exact) mass is 402 g/mol. The summed E-state index contributed by atoms with van der Waals surface area (Å²) in [7, 11) is 0. The fourth-order valence-electron chi connectivity index (χ4n) is 3.29. The van der Waals surface area contributed by atoms with Crippen LogP contribution in [0.15, 0.2) is 66.7 Å². The van der Waals surface area contributed by atoms with Gasteiger partial charge in [-0.25, -0.2) is 9.37 Å². The maximum atomic E-state index is 13.4. The molecule has 0 aliphatic carbocycles. The first-order valence-electron chi connectivity index (χ1n) is 9.24. The molecule has 0 bridgehead atoms. The predicted molar refractivity (Wildman–Crippen MR) is 111 cm³/mol. The van der Waals surface area contributed by atoms with E-state index in [9.17, 15) is 19.6 Å². The highest BCUT2D eigenvalue weighted by Gasteiger charge is 2.18. The van der Waals surface area contributed by atoms with Crippen LogP contribution in [-0.2, 0) is 11.3 Å². The number of aromatic nitrogens is 2. The molecule has 0 saturated carbocycles. The normalized spacial score (nSPS) is 12.2. The number of aliphatic hydroxyl groups is 1. The van der Waals surface area contributed by atoms with Crippen LogP contribution >= 0.6 is 0 Å². The Morgan fingerprint density at radius 3 is 2.70 bits per heavy atom. The number of ketones is 1. The standard InChI is InChI=1S/C23H19FN4O2/c24-18-7-5-16(6-8-18)20(19-4-2-1-3-17(19)14-25)9-11-28-12-10-27-23(28)13-21(29)22(30)15-26/h1-8,10,12-13,15,20,26,29H,9,11H2/b21-13-,26-15?/t20-/m0/s1. The Labute approximate surface area is 173 Å². The second kappa shape index (κ2) is 9.43. The first-order valence-corrected chi connectivity index (χ1v) is 9.24. The molecular formula is C23H19FN4O2. The van der Waals surface area contributed by atoms with E-state index in [-0.39, 0.29) is 11.7 Å². The zero-order valence-corrected chi connectivity index (χ0v) is 16.0. The average Bonchev–Trinajstić information content (AvgIpc) is 3.21. The molecule has 0 aliphatic rings. The summed E-state index contributed by atoms with van der Waals surface area (Å²) in [5, 5.41) is 26.2. The molecule has 0 saturated heterocycles. The average molecular weight is 402 g/mol. The Morgan fingerprint density at radius 1 is 1.27 bits per heavy atom. The molecule has 1 aromatic heterocycles. The lowest BCUT2D eigenvalue weighted by Crippen LogP contribution is -2.10. The molecule has 0 aliphatic heterocycles. The molecule has 30 heavy (non-hydrogen) atoms. The van der Waals surface area contributed by atoms with Crippen LogP contribution in [-0.4, -0.2) is 26.7 Å². The molecule has 6 nitrogen and oxygen atoms in total. The van der Waals surface area contributed by atoms with E-state index in [4.69, 9.17) is 5.41 Å². The Hall–Kier alpha value is -4.05. The van der Waals surface area contributed by atoms with E-state index < -0.39 is 11.5 Å². The lowest BCUT2D eigenvalue weighted by Gasteiger charge is -2.20. The van der Waals surface area contributed by atoms with E-state index >= 15 is 0 Å². The van der Waals surface area contributed by atoms with E-state index in [0.29, 0.717) is 30.6 Å². The third-order valence-electron chi connectivity index (χ3n) is 4.78. The lowest BCUT2D eigenvalue weighted by atomic mass is 9.86. The van der Waals surface area contributed by atoms with Crippen LogP contribution in [0.25, 0.3) is 6.08 Å². The molecule has 0 radical (unpaired) electrons. The second-order valence-electron chi connectivity index (χ2n) is 6.61. The number of hydrogen-bond donors (Lipinski definition) is 2. The second-order valence-corrected chi connectivity index (χ2v) is 6.61. The molecular weight excluding hydrogens is 383 g/mol. The van der Waals surface area contributed by atoms with Crippen molar-refractivity contribution in [2.45, 2.75) is 18.9 Å². The third-order valence-corrected chi connectivity index (χ3v) is 4.78. The molecule has 2 aromatic carbocycles. The number of imidazole rings is 1. The molecule has 2 N–H and O–H groups in total. The minimum atomic E-state index is -0.809. The van der Waals surface area contributed by atoms with Crippen molar-refractivity contribution in [2.75, 3.05) is 0 Å². The number of halogens is 1. The molecule has 0 fully saturated rings. The van der Waals surface area contributed by atoms with E-state index in [2.05, 4.69) is 11.1 Å². The van der Waals surface area contributed by atoms with Gasteiger partial charge in [0.25, 0.3) is 0 Å². The van der Waals surface area contributed by atoms with E-state index in [0.717, 1.165) is 11.1 Å². The minimum absolute atomic E-state index is 0.169. The molecule has 0 spiro atoms. The summed E-state index contributed by atoms with van der Waals surface area (Å²) in [6.07, 6.45) is 5.57. The zero-order valence-electron chi connectivity index (χ0n) is 16.0. The number of Topliss-reactive ketones (excluding diaryl/α,β-unsaturated/α-hetero) is 1. The number of nitrogens with zero attached hydrogens (tertiary/aromatic N) is 3. The number of hydrogen-bond acceptors (Lipinski definition) is 5. The topological polar surface area (TPSA) is 103 Å². The molecule has 3 rings (SSSR count). The van der Waals surface area contributed by atoms with Gasteiger partial charge in [0.15, 0.2) is 5.76 Å². The van der Waals surface area contributed by atoms with Crippen molar-refractivity contribution < 1.29 is 14.3 Å². The summed E-state index contributed by atoms with van der Waals surface area (Å²) >= 11 is 0. The summed E-state index contributed by atoms with van der Waals surface area (Å²) in [6, 6.07) is 15.7. The Balaban J connectivity index is 1.92. The number of aryl methyl sites for hydroxylation is 1. The van der Waals surface area contributed by atoms with E-state index in [1.807, 2.05) is 12.1 Å². The molecule has 1 heterocycles. The SMILES string of the molecule is N#Cc1ccccc1[C@@H](CCn1ccnc1/C=C(\O)C(=O)C=N)c1ccc(F)cc1. The number of nitrogens with one attached hydrogen (secondary N) is 1. The van der Waals surface area contributed by atoms with Crippen molar-refractivity contribution in [1.82, 2.24) is 9.55 Å². The van der Waals surface area contributed by atoms with Gasteiger partial charge in [0, 0.05) is 30.9 Å². The number of carbonyl (C=O) groups is 1. The van der Waals surface area contributed by atoms with Crippen LogP contribution in [0, 0.1) is 22.6 Å². The quantitative estimate of drug-likeness (QED) is 0.334. The maximum Gasteiger partial charge on any atom is 0.237 e. The number of rotatable bonds is 8. The Morgan fingerprint density at radius 2 is 2.00 bits per heavy atom. The molecule has 0 unspecified atom stereocenters. The fraction of sp³-hybridized carbons (Fsp3) is 0.130. The summed E-state index contributed by atoms with van der Waals surface area (Å²) in [6.45, 7) is 0.472. The maximum absolute atomic E-state index is 13.4. The minimum Gasteiger partial charge on any atom is -0.504 e. The van der Waals surface area contributed by atoms with Gasteiger partial charge in [0.05, 0.1) is 17.8 Å². The van der Waals surface area contributed by atoms with Gasteiger partial charge < -0.3 is 15.1 Å². The third kappa shape index (κ3) is 4.67. The van der Waals surface area contributed by atoms with E-state index in [1.165, 1.54) is 18.2 Å². The molecule has 7 heteroatoms. The molecule has 3 aromatic rings. The van der Waals surface area contributed by atoms with Gasteiger partial charge in [-0.2, -0.15) is 5.26 Å². The first-order chi connectivity index (χ1) is 14.5. The summed E-state index contributed by atoms with van der Waals surface area (Å²) in [4.78, 5) is 15.6. The summed E-state index contributed by atoms with van der Waals surface area (Å²) in [5.41, 5.74) is 2.26. The van der Waals surface area contributed by atoms with Gasteiger partial charge >= 0.3 is 0 Å². The van der Waals surface area contributed by atoms with Gasteiger partial charge in [-0.05, 0) is 35.7 Å². The van der Waals surface area contributed by atoms with Gasteiger partial charge in [-0.3, -0.25) is 4.79 Å². The largest absolute Gasteiger partial charge is 0.504 e. The molecule has 0 amide bonds. The van der Waals surface area contributed by atoms with Crippen molar-refractivity contribution in [1.29, 1.82) is 10.7 Å². The highest BCUT2D eigenvalue weighted by atomic mass is 19.1. The first kappa shape index (κ1) is 20.7. The number of carbonyl (C=O) groups excluding carboxylic acids is 1. The Bertz CT molecular complexity index is 1130. The number of allylic oxidation sites excluding steroid dienone is 1. The number of aliphatic hydroxyl groups excluding tert-OH is 1. The van der Waals surface area contributed by atoms with Crippen molar-refractivity contribution >= 4 is 18.1 Å². The number of benzene rings is 2. The highest BCUT2D eigenvalue weighted by molar-refractivity contribution is 6.34. The Kier molecular flexibility index (Phi) is 6.50. The molecule has 1 atom stereocenters.